The van der Waals surface area contributed by atoms with E-state index in [1.54, 1.807) is 14.0 Å². The van der Waals surface area contributed by atoms with E-state index >= 15 is 0 Å². The second-order valence-electron chi connectivity index (χ2n) is 3.29. The largest absolute Gasteiger partial charge is 0.286 e. The molecule has 8 heteroatoms. The summed E-state index contributed by atoms with van der Waals surface area (Å²) in [6.07, 6.45) is 3.94. The van der Waals surface area contributed by atoms with Crippen molar-refractivity contribution in [3.05, 3.63) is 29.3 Å². The van der Waals surface area contributed by atoms with Crippen LogP contribution >= 0.6 is 11.6 Å². The first-order valence-electron chi connectivity index (χ1n) is 4.37. The van der Waals surface area contributed by atoms with Crippen LogP contribution in [0.15, 0.2) is 23.5 Å². The van der Waals surface area contributed by atoms with E-state index in [2.05, 4.69) is 10.2 Å². The van der Waals surface area contributed by atoms with E-state index in [4.69, 9.17) is 11.6 Å². The van der Waals surface area contributed by atoms with Gasteiger partial charge in [0.25, 0.3) is 10.0 Å². The molecule has 16 heavy (non-hydrogen) atoms. The monoisotopic (exact) mass is 260 g/mol. The highest BCUT2D eigenvalue weighted by Gasteiger charge is 2.22. The van der Waals surface area contributed by atoms with Crippen LogP contribution in [0, 0.1) is 6.92 Å². The summed E-state index contributed by atoms with van der Waals surface area (Å²) in [5.41, 5.74) is 0.425. The third-order valence-corrected chi connectivity index (χ3v) is 3.87. The molecule has 0 atom stereocenters. The summed E-state index contributed by atoms with van der Waals surface area (Å²) < 4.78 is 26.4. The Morgan fingerprint density at radius 2 is 2.06 bits per heavy atom. The summed E-state index contributed by atoms with van der Waals surface area (Å²) in [7, 11) is -2.04. The smallest absolute Gasteiger partial charge is 0.274 e. The minimum atomic E-state index is -3.69. The van der Waals surface area contributed by atoms with Crippen LogP contribution in [0.4, 0.5) is 0 Å². The summed E-state index contributed by atoms with van der Waals surface area (Å²) in [5.74, 6) is 0. The Bertz CT molecular complexity index is 628. The summed E-state index contributed by atoms with van der Waals surface area (Å²) >= 11 is 5.63. The lowest BCUT2D eigenvalue weighted by Gasteiger charge is -2.01. The number of aromatic nitrogens is 4. The van der Waals surface area contributed by atoms with Crippen LogP contribution in [0.1, 0.15) is 5.69 Å². The molecule has 0 aliphatic carbocycles. The molecule has 0 N–H and O–H groups in total. The lowest BCUT2D eigenvalue weighted by Crippen LogP contribution is -2.13. The van der Waals surface area contributed by atoms with Crippen LogP contribution in [0.5, 0.6) is 0 Å². The van der Waals surface area contributed by atoms with Crippen LogP contribution in [0.25, 0.3) is 0 Å². The first-order valence-corrected chi connectivity index (χ1v) is 6.19. The molecule has 6 nitrogen and oxygen atoms in total. The lowest BCUT2D eigenvalue weighted by molar-refractivity contribution is 0.579. The number of aryl methyl sites for hydroxylation is 2. The summed E-state index contributed by atoms with van der Waals surface area (Å²) in [6, 6.07) is 0. The van der Waals surface area contributed by atoms with Gasteiger partial charge >= 0.3 is 0 Å². The standard InChI is InChI=1S/C8H9ClN4O2S/c1-6-8(5-12(2)11-6)16(14,15)13-4-7(9)3-10-13/h3-5H,1-2H3. The van der Waals surface area contributed by atoms with Gasteiger partial charge in [-0.25, -0.2) is 0 Å². The van der Waals surface area contributed by atoms with E-state index in [1.807, 2.05) is 0 Å². The average Bonchev–Trinajstić information content (AvgIpc) is 2.73. The van der Waals surface area contributed by atoms with Crippen LogP contribution in [0.2, 0.25) is 5.02 Å². The van der Waals surface area contributed by atoms with Crippen LogP contribution in [-0.2, 0) is 17.1 Å². The normalized spacial score (nSPS) is 11.9. The zero-order chi connectivity index (χ0) is 11.9. The number of hydrogen-bond donors (Lipinski definition) is 0. The molecule has 0 aliphatic rings. The zero-order valence-electron chi connectivity index (χ0n) is 8.62. The molecule has 2 heterocycles. The van der Waals surface area contributed by atoms with Crippen molar-refractivity contribution in [1.29, 1.82) is 0 Å². The summed E-state index contributed by atoms with van der Waals surface area (Å²) in [5, 5.41) is 7.92. The molecule has 0 spiro atoms. The number of hydrogen-bond acceptors (Lipinski definition) is 4. The Hall–Kier alpha value is -1.34. The van der Waals surface area contributed by atoms with Gasteiger partial charge in [-0.15, -0.1) is 0 Å². The van der Waals surface area contributed by atoms with Gasteiger partial charge in [-0.3, -0.25) is 4.68 Å². The van der Waals surface area contributed by atoms with Gasteiger partial charge in [0, 0.05) is 13.2 Å². The van der Waals surface area contributed by atoms with Crippen molar-refractivity contribution in [2.45, 2.75) is 11.8 Å². The van der Waals surface area contributed by atoms with Gasteiger partial charge in [0.1, 0.15) is 4.90 Å². The highest BCUT2D eigenvalue weighted by atomic mass is 35.5. The van der Waals surface area contributed by atoms with Gasteiger partial charge in [-0.05, 0) is 6.92 Å². The van der Waals surface area contributed by atoms with Crippen LogP contribution < -0.4 is 0 Å². The molecular weight excluding hydrogens is 252 g/mol. The molecular formula is C8H9ClN4O2S. The summed E-state index contributed by atoms with van der Waals surface area (Å²) in [4.78, 5) is 0.120. The quantitative estimate of drug-likeness (QED) is 0.801. The van der Waals surface area contributed by atoms with E-state index < -0.39 is 10.0 Å². The molecule has 2 aromatic heterocycles. The van der Waals surface area contributed by atoms with E-state index in [-0.39, 0.29) is 9.92 Å². The maximum absolute atomic E-state index is 12.1. The van der Waals surface area contributed by atoms with E-state index in [1.165, 1.54) is 23.3 Å². The van der Waals surface area contributed by atoms with Crippen molar-refractivity contribution < 1.29 is 8.42 Å². The van der Waals surface area contributed by atoms with E-state index in [9.17, 15) is 8.42 Å². The fourth-order valence-electron chi connectivity index (χ4n) is 1.35. The van der Waals surface area contributed by atoms with Crippen LogP contribution in [-0.4, -0.2) is 27.4 Å². The molecule has 2 rings (SSSR count). The Morgan fingerprint density at radius 1 is 1.38 bits per heavy atom. The molecule has 0 radical (unpaired) electrons. The third-order valence-electron chi connectivity index (χ3n) is 2.02. The number of rotatable bonds is 2. The van der Waals surface area contributed by atoms with Gasteiger partial charge in [-0.1, -0.05) is 11.6 Å². The molecule has 0 saturated heterocycles. The lowest BCUT2D eigenvalue weighted by atomic mass is 10.5. The van der Waals surface area contributed by atoms with Gasteiger partial charge in [0.05, 0.1) is 23.1 Å². The molecule has 0 aliphatic heterocycles. The predicted octanol–water partition coefficient (Wildman–Crippen LogP) is 0.815. The summed E-state index contributed by atoms with van der Waals surface area (Å²) in [6.45, 7) is 1.62. The van der Waals surface area contributed by atoms with Crippen molar-refractivity contribution >= 4 is 21.6 Å². The predicted molar refractivity (Wildman–Crippen MR) is 57.8 cm³/mol. The van der Waals surface area contributed by atoms with E-state index in [0.717, 1.165) is 4.09 Å². The third kappa shape index (κ3) is 1.72. The van der Waals surface area contributed by atoms with Crippen molar-refractivity contribution in [3.63, 3.8) is 0 Å². The first kappa shape index (κ1) is 11.2. The molecule has 0 saturated carbocycles. The van der Waals surface area contributed by atoms with E-state index in [0.29, 0.717) is 5.69 Å². The van der Waals surface area contributed by atoms with Gasteiger partial charge in [0.2, 0.25) is 0 Å². The Balaban J connectivity index is 2.59. The average molecular weight is 261 g/mol. The molecule has 0 unspecified atom stereocenters. The van der Waals surface area contributed by atoms with Crippen molar-refractivity contribution in [2.24, 2.45) is 7.05 Å². The first-order chi connectivity index (χ1) is 7.41. The SMILES string of the molecule is Cc1nn(C)cc1S(=O)(=O)n1cc(Cl)cn1. The minimum Gasteiger partial charge on any atom is -0.274 e. The number of halogens is 1. The maximum atomic E-state index is 12.1. The Morgan fingerprint density at radius 3 is 2.50 bits per heavy atom. The zero-order valence-corrected chi connectivity index (χ0v) is 10.2. The highest BCUT2D eigenvalue weighted by Crippen LogP contribution is 2.17. The molecule has 0 fully saturated rings. The van der Waals surface area contributed by atoms with Gasteiger partial charge < -0.3 is 0 Å². The molecule has 0 amide bonds. The molecule has 86 valence electrons. The fourth-order valence-corrected chi connectivity index (χ4v) is 2.87. The topological polar surface area (TPSA) is 69.8 Å². The van der Waals surface area contributed by atoms with Gasteiger partial charge in [0.15, 0.2) is 0 Å². The van der Waals surface area contributed by atoms with Crippen molar-refractivity contribution in [2.75, 3.05) is 0 Å². The number of nitrogens with zero attached hydrogens (tertiary/aromatic N) is 4. The van der Waals surface area contributed by atoms with Crippen molar-refractivity contribution in [3.8, 4) is 0 Å². The Labute approximate surface area is 97.5 Å². The second kappa shape index (κ2) is 3.60. The second-order valence-corrected chi connectivity index (χ2v) is 5.49. The maximum Gasteiger partial charge on any atom is 0.286 e. The molecule has 0 aromatic carbocycles. The molecule has 0 bridgehead atoms. The fraction of sp³-hybridized carbons (Fsp3) is 0.250. The Kier molecular flexibility index (Phi) is 2.51. The molecule has 2 aromatic rings. The van der Waals surface area contributed by atoms with Crippen molar-refractivity contribution in [1.82, 2.24) is 19.0 Å². The van der Waals surface area contributed by atoms with Crippen LogP contribution in [0.3, 0.4) is 0 Å². The minimum absolute atomic E-state index is 0.120. The highest BCUT2D eigenvalue weighted by molar-refractivity contribution is 7.89. The van der Waals surface area contributed by atoms with Gasteiger partial charge in [-0.2, -0.15) is 22.7 Å².